The molecule has 0 radical (unpaired) electrons. The van der Waals surface area contributed by atoms with Crippen molar-refractivity contribution < 1.29 is 29.7 Å². The molecule has 0 aliphatic rings. The molecule has 0 aliphatic heterocycles. The van der Waals surface area contributed by atoms with Crippen LogP contribution in [0.1, 0.15) is 6.92 Å². The number of allylic oxidation sites excluding steroid dienone is 1. The van der Waals surface area contributed by atoms with Crippen molar-refractivity contribution in [1.82, 2.24) is 0 Å². The zero-order valence-electron chi connectivity index (χ0n) is 7.43. The van der Waals surface area contributed by atoms with Gasteiger partial charge in [0.2, 0.25) is 0 Å². The summed E-state index contributed by atoms with van der Waals surface area (Å²) < 4.78 is 0. The van der Waals surface area contributed by atoms with Crippen LogP contribution in [0.5, 0.6) is 0 Å². The average Bonchev–Trinajstić information content (AvgIpc) is 2.03. The van der Waals surface area contributed by atoms with E-state index < -0.39 is 23.5 Å². The van der Waals surface area contributed by atoms with Crippen molar-refractivity contribution in [1.29, 1.82) is 0 Å². The lowest BCUT2D eigenvalue weighted by atomic mass is 10.3. The molecule has 0 aromatic heterocycles. The Balaban J connectivity index is 0. The highest BCUT2D eigenvalue weighted by Gasteiger charge is 2.10. The minimum absolute atomic E-state index is 0.815. The summed E-state index contributed by atoms with van der Waals surface area (Å²) in [6.07, 6.45) is 2.56. The van der Waals surface area contributed by atoms with Crippen molar-refractivity contribution in [2.45, 2.75) is 6.92 Å². The van der Waals surface area contributed by atoms with E-state index in [1.54, 1.807) is 6.92 Å². The van der Waals surface area contributed by atoms with Gasteiger partial charge in [0, 0.05) is 6.08 Å². The zero-order valence-corrected chi connectivity index (χ0v) is 7.43. The van der Waals surface area contributed by atoms with Crippen LogP contribution in [0.4, 0.5) is 0 Å². The second kappa shape index (κ2) is 7.53. The molecule has 0 aromatic carbocycles. The normalized spacial score (nSPS) is 8.64. The third-order valence-electron chi connectivity index (χ3n) is 0.826. The number of carboxylic acids is 3. The van der Waals surface area contributed by atoms with E-state index in [4.69, 9.17) is 15.3 Å². The lowest BCUT2D eigenvalue weighted by Crippen LogP contribution is -2.08. The van der Waals surface area contributed by atoms with Crippen molar-refractivity contribution in [2.75, 3.05) is 0 Å². The maximum Gasteiger partial charge on any atom is 0.342 e. The van der Waals surface area contributed by atoms with E-state index in [0.29, 0.717) is 0 Å². The fourth-order valence-corrected chi connectivity index (χ4v) is 0.234. The van der Waals surface area contributed by atoms with Gasteiger partial charge in [0.1, 0.15) is 5.57 Å². The van der Waals surface area contributed by atoms with Crippen LogP contribution in [-0.4, -0.2) is 33.2 Å². The number of hydrogen-bond donors (Lipinski definition) is 3. The maximum absolute atomic E-state index is 9.66. The molecule has 0 bridgehead atoms. The Bertz CT molecular complexity index is 260. The number of rotatable bonds is 3. The van der Waals surface area contributed by atoms with E-state index in [2.05, 4.69) is 6.58 Å². The summed E-state index contributed by atoms with van der Waals surface area (Å²) in [5.74, 6) is -3.90. The third-order valence-corrected chi connectivity index (χ3v) is 0.826. The Morgan fingerprint density at radius 1 is 1.07 bits per heavy atom. The van der Waals surface area contributed by atoms with Crippen LogP contribution in [0.25, 0.3) is 0 Å². The molecule has 0 heterocycles. The predicted octanol–water partition coefficient (Wildman–Crippen LogP) is 0.359. The first-order chi connectivity index (χ1) is 6.32. The van der Waals surface area contributed by atoms with Gasteiger partial charge in [-0.15, -0.1) is 0 Å². The molecule has 3 N–H and O–H groups in total. The molecule has 0 fully saturated rings. The molecule has 0 saturated heterocycles. The number of carboxylic acid groups (broad SMARTS) is 3. The monoisotopic (exact) mass is 202 g/mol. The largest absolute Gasteiger partial charge is 0.478 e. The van der Waals surface area contributed by atoms with Gasteiger partial charge in [-0.05, 0) is 6.92 Å². The summed E-state index contributed by atoms with van der Waals surface area (Å²) in [6, 6.07) is 0. The third kappa shape index (κ3) is 9.89. The highest BCUT2D eigenvalue weighted by atomic mass is 16.4. The van der Waals surface area contributed by atoms with Gasteiger partial charge in [-0.2, -0.15) is 0 Å². The molecule has 6 nitrogen and oxygen atoms in total. The fourth-order valence-electron chi connectivity index (χ4n) is 0.234. The SMILES string of the molecule is C=C(C(=O)O)C(=O)O.CC=CC(=O)O. The smallest absolute Gasteiger partial charge is 0.342 e. The maximum atomic E-state index is 9.66. The Kier molecular flexibility index (Phi) is 7.76. The van der Waals surface area contributed by atoms with E-state index in [0.717, 1.165) is 6.08 Å². The highest BCUT2D eigenvalue weighted by Crippen LogP contribution is 1.86. The van der Waals surface area contributed by atoms with Crippen molar-refractivity contribution >= 4 is 17.9 Å². The Hall–Kier alpha value is -2.11. The standard InChI is InChI=1S/C4H4O4.C4H6O2/c1-2(3(5)6)4(7)8;1-2-3-4(5)6/h1H2,(H,5,6)(H,7,8);2-3H,1H3,(H,5,6). The summed E-state index contributed by atoms with van der Waals surface area (Å²) in [7, 11) is 0. The van der Waals surface area contributed by atoms with Gasteiger partial charge in [0.15, 0.2) is 0 Å². The van der Waals surface area contributed by atoms with Crippen molar-refractivity contribution in [2.24, 2.45) is 0 Å². The van der Waals surface area contributed by atoms with Gasteiger partial charge in [0.05, 0.1) is 0 Å². The molecule has 6 heteroatoms. The lowest BCUT2D eigenvalue weighted by Gasteiger charge is -1.86. The molecule has 0 unspecified atom stereocenters. The number of carbonyl (C=O) groups is 3. The van der Waals surface area contributed by atoms with Crippen LogP contribution in [0.15, 0.2) is 24.3 Å². The van der Waals surface area contributed by atoms with Gasteiger partial charge < -0.3 is 15.3 Å². The summed E-state index contributed by atoms with van der Waals surface area (Å²) in [6.45, 7) is 4.42. The van der Waals surface area contributed by atoms with Crippen molar-refractivity contribution in [3.63, 3.8) is 0 Å². The minimum atomic E-state index is -1.50. The molecule has 0 atom stereocenters. The van der Waals surface area contributed by atoms with Crippen LogP contribution in [-0.2, 0) is 14.4 Å². The molecule has 0 aliphatic carbocycles. The Labute approximate surface area is 79.8 Å². The van der Waals surface area contributed by atoms with Gasteiger partial charge in [-0.1, -0.05) is 12.7 Å². The topological polar surface area (TPSA) is 112 Å². The van der Waals surface area contributed by atoms with Crippen molar-refractivity contribution in [3.8, 4) is 0 Å². The van der Waals surface area contributed by atoms with Gasteiger partial charge in [-0.25, -0.2) is 14.4 Å². The van der Waals surface area contributed by atoms with Crippen LogP contribution in [0.2, 0.25) is 0 Å². The first-order valence-electron chi connectivity index (χ1n) is 3.34. The van der Waals surface area contributed by atoms with E-state index in [-0.39, 0.29) is 0 Å². The summed E-state index contributed by atoms with van der Waals surface area (Å²) in [4.78, 5) is 28.8. The van der Waals surface area contributed by atoms with E-state index in [9.17, 15) is 14.4 Å². The van der Waals surface area contributed by atoms with E-state index >= 15 is 0 Å². The van der Waals surface area contributed by atoms with E-state index in [1.807, 2.05) is 0 Å². The second-order valence-corrected chi connectivity index (χ2v) is 1.93. The minimum Gasteiger partial charge on any atom is -0.478 e. The first kappa shape index (κ1) is 14.4. The Morgan fingerprint density at radius 3 is 1.43 bits per heavy atom. The van der Waals surface area contributed by atoms with Crippen LogP contribution < -0.4 is 0 Å². The molecule has 78 valence electrons. The van der Waals surface area contributed by atoms with Crippen molar-refractivity contribution in [3.05, 3.63) is 24.3 Å². The van der Waals surface area contributed by atoms with Crippen LogP contribution in [0.3, 0.4) is 0 Å². The summed E-state index contributed by atoms with van der Waals surface area (Å²) in [5.41, 5.74) is -0.815. The summed E-state index contributed by atoms with van der Waals surface area (Å²) in [5, 5.41) is 23.6. The van der Waals surface area contributed by atoms with Gasteiger partial charge in [0.25, 0.3) is 0 Å². The first-order valence-corrected chi connectivity index (χ1v) is 3.34. The molecule has 0 aromatic rings. The quantitative estimate of drug-likeness (QED) is 0.346. The van der Waals surface area contributed by atoms with Gasteiger partial charge >= 0.3 is 17.9 Å². The molecular weight excluding hydrogens is 192 g/mol. The predicted molar refractivity (Wildman–Crippen MR) is 46.9 cm³/mol. The van der Waals surface area contributed by atoms with E-state index in [1.165, 1.54) is 6.08 Å². The van der Waals surface area contributed by atoms with Crippen LogP contribution >= 0.6 is 0 Å². The average molecular weight is 202 g/mol. The second-order valence-electron chi connectivity index (χ2n) is 1.93. The number of aliphatic carboxylic acids is 3. The molecular formula is C8H10O6. The molecule has 14 heavy (non-hydrogen) atoms. The van der Waals surface area contributed by atoms with Gasteiger partial charge in [-0.3, -0.25) is 0 Å². The molecule has 0 spiro atoms. The summed E-state index contributed by atoms with van der Waals surface area (Å²) >= 11 is 0. The highest BCUT2D eigenvalue weighted by molar-refractivity contribution is 6.11. The molecule has 0 rings (SSSR count). The number of hydrogen-bond acceptors (Lipinski definition) is 3. The fraction of sp³-hybridized carbons (Fsp3) is 0.125. The zero-order chi connectivity index (χ0) is 11.7. The molecule has 0 saturated carbocycles. The van der Waals surface area contributed by atoms with Crippen LogP contribution in [0, 0.1) is 0 Å². The lowest BCUT2D eigenvalue weighted by molar-refractivity contribution is -0.140. The molecule has 0 amide bonds. The Morgan fingerprint density at radius 2 is 1.43 bits per heavy atom.